The lowest BCUT2D eigenvalue weighted by atomic mass is 10.0. The second-order valence-electron chi connectivity index (χ2n) is 7.16. The largest absolute Gasteiger partial charge is 0.493 e. The Morgan fingerprint density at radius 1 is 1.00 bits per heavy atom. The maximum absolute atomic E-state index is 12.4. The van der Waals surface area contributed by atoms with Crippen molar-refractivity contribution < 1.29 is 19.0 Å². The van der Waals surface area contributed by atoms with Crippen LogP contribution in [0.25, 0.3) is 17.2 Å². The number of hydrogen-bond donors (Lipinski definition) is 0. The van der Waals surface area contributed by atoms with Crippen molar-refractivity contribution in [1.82, 2.24) is 0 Å². The molecule has 1 heterocycles. The van der Waals surface area contributed by atoms with Crippen LogP contribution in [0.1, 0.15) is 24.5 Å². The zero-order valence-electron chi connectivity index (χ0n) is 17.8. The van der Waals surface area contributed by atoms with Crippen LogP contribution in [-0.2, 0) is 9.53 Å². The molecular weight excluding hydrogens is 470 g/mol. The molecule has 32 heavy (non-hydrogen) atoms. The van der Waals surface area contributed by atoms with E-state index in [0.29, 0.717) is 18.1 Å². The van der Waals surface area contributed by atoms with Crippen LogP contribution >= 0.6 is 15.9 Å². The van der Waals surface area contributed by atoms with Gasteiger partial charge in [-0.15, -0.1) is 0 Å². The maximum atomic E-state index is 12.4. The molecule has 0 atom stereocenters. The summed E-state index contributed by atoms with van der Waals surface area (Å²) in [6.45, 7) is 2.62. The monoisotopic (exact) mass is 491 g/mol. The van der Waals surface area contributed by atoms with Crippen LogP contribution in [0.4, 0.5) is 0 Å². The van der Waals surface area contributed by atoms with Crippen molar-refractivity contribution in [3.05, 3.63) is 88.0 Å². The molecule has 1 aliphatic rings. The number of aliphatic imine (C=N–C) groups is 1. The van der Waals surface area contributed by atoms with Crippen LogP contribution in [0, 0.1) is 0 Å². The number of halogens is 1. The van der Waals surface area contributed by atoms with Crippen molar-refractivity contribution in [3.63, 3.8) is 0 Å². The van der Waals surface area contributed by atoms with Gasteiger partial charge in [-0.05, 0) is 69.4 Å². The quantitative estimate of drug-likeness (QED) is 0.289. The number of hydrogen-bond acceptors (Lipinski definition) is 5. The average molecular weight is 492 g/mol. The molecule has 6 heteroatoms. The Bertz CT molecular complexity index is 1180. The van der Waals surface area contributed by atoms with Crippen LogP contribution in [0.2, 0.25) is 0 Å². The topological polar surface area (TPSA) is 57.1 Å². The van der Waals surface area contributed by atoms with Crippen molar-refractivity contribution in [2.45, 2.75) is 13.3 Å². The van der Waals surface area contributed by atoms with Gasteiger partial charge in [0.25, 0.3) is 0 Å². The Balaban J connectivity index is 1.59. The van der Waals surface area contributed by atoms with E-state index in [4.69, 9.17) is 14.2 Å². The highest BCUT2D eigenvalue weighted by molar-refractivity contribution is 9.10. The van der Waals surface area contributed by atoms with E-state index in [1.165, 1.54) is 0 Å². The number of ether oxygens (including phenoxy) is 3. The van der Waals surface area contributed by atoms with E-state index in [0.717, 1.165) is 33.1 Å². The van der Waals surface area contributed by atoms with Gasteiger partial charge in [0.2, 0.25) is 5.90 Å². The smallest absolute Gasteiger partial charge is 0.363 e. The zero-order valence-corrected chi connectivity index (χ0v) is 19.4. The third-order valence-corrected chi connectivity index (χ3v) is 5.45. The number of nitrogens with zero attached hydrogens (tertiary/aromatic N) is 1. The third-order valence-electron chi connectivity index (χ3n) is 4.87. The molecule has 0 amide bonds. The van der Waals surface area contributed by atoms with Crippen LogP contribution in [0.3, 0.4) is 0 Å². The molecule has 0 radical (unpaired) electrons. The summed E-state index contributed by atoms with van der Waals surface area (Å²) in [6.07, 6.45) is 2.56. The number of methoxy groups -OCH3 is 1. The Morgan fingerprint density at radius 2 is 1.69 bits per heavy atom. The summed E-state index contributed by atoms with van der Waals surface area (Å²) < 4.78 is 17.4. The van der Waals surface area contributed by atoms with Gasteiger partial charge >= 0.3 is 5.97 Å². The standard InChI is InChI=1S/C26H22BrNO4/c1-3-13-31-24-21(27)14-17(16-23(24)30-2)15-22-26(29)32-25(28-22)20-11-9-19(10-12-20)18-7-5-4-6-8-18/h4-12,14-16H,3,13H2,1-2H3/b22-15-. The molecule has 0 bridgehead atoms. The van der Waals surface area contributed by atoms with Gasteiger partial charge in [0.15, 0.2) is 17.2 Å². The minimum atomic E-state index is -0.492. The fraction of sp³-hybridized carbons (Fsp3) is 0.154. The molecule has 0 N–H and O–H groups in total. The fourth-order valence-electron chi connectivity index (χ4n) is 3.29. The zero-order chi connectivity index (χ0) is 22.5. The summed E-state index contributed by atoms with van der Waals surface area (Å²) in [5.41, 5.74) is 3.91. The first-order valence-corrected chi connectivity index (χ1v) is 11.1. The van der Waals surface area contributed by atoms with Crippen molar-refractivity contribution in [2.24, 2.45) is 4.99 Å². The molecule has 3 aromatic rings. The average Bonchev–Trinajstić information content (AvgIpc) is 3.18. The molecule has 0 aromatic heterocycles. The highest BCUT2D eigenvalue weighted by Crippen LogP contribution is 2.37. The first-order chi connectivity index (χ1) is 15.6. The second kappa shape index (κ2) is 9.83. The molecule has 4 rings (SSSR count). The summed E-state index contributed by atoms with van der Waals surface area (Å²) in [5, 5.41) is 0. The lowest BCUT2D eigenvalue weighted by Crippen LogP contribution is -2.05. The van der Waals surface area contributed by atoms with Gasteiger partial charge in [-0.25, -0.2) is 9.79 Å². The molecular formula is C26H22BrNO4. The minimum absolute atomic E-state index is 0.225. The van der Waals surface area contributed by atoms with Crippen LogP contribution in [0.15, 0.2) is 81.9 Å². The highest BCUT2D eigenvalue weighted by Gasteiger charge is 2.24. The SMILES string of the molecule is CCCOc1c(Br)cc(/C=C2\N=C(c3ccc(-c4ccccc4)cc3)OC2=O)cc1OC. The van der Waals surface area contributed by atoms with Gasteiger partial charge in [-0.3, -0.25) is 0 Å². The van der Waals surface area contributed by atoms with E-state index in [1.54, 1.807) is 19.3 Å². The molecule has 0 spiro atoms. The summed E-state index contributed by atoms with van der Waals surface area (Å²) in [7, 11) is 1.58. The van der Waals surface area contributed by atoms with Gasteiger partial charge in [0.05, 0.1) is 18.2 Å². The predicted molar refractivity (Wildman–Crippen MR) is 129 cm³/mol. The molecule has 1 aliphatic heterocycles. The van der Waals surface area contributed by atoms with E-state index < -0.39 is 5.97 Å². The van der Waals surface area contributed by atoms with Crippen molar-refractivity contribution in [3.8, 4) is 22.6 Å². The van der Waals surface area contributed by atoms with Crippen molar-refractivity contribution in [1.29, 1.82) is 0 Å². The van der Waals surface area contributed by atoms with Crippen LogP contribution < -0.4 is 9.47 Å². The molecule has 0 unspecified atom stereocenters. The molecule has 3 aromatic carbocycles. The molecule has 162 valence electrons. The fourth-order valence-corrected chi connectivity index (χ4v) is 3.87. The first kappa shape index (κ1) is 21.8. The van der Waals surface area contributed by atoms with E-state index in [-0.39, 0.29) is 11.6 Å². The van der Waals surface area contributed by atoms with Gasteiger partial charge in [0, 0.05) is 5.56 Å². The Hall–Kier alpha value is -3.38. The summed E-state index contributed by atoms with van der Waals surface area (Å²) in [5.74, 6) is 1.00. The maximum Gasteiger partial charge on any atom is 0.363 e. The lowest BCUT2D eigenvalue weighted by molar-refractivity contribution is -0.129. The summed E-state index contributed by atoms with van der Waals surface area (Å²) in [6, 6.07) is 21.5. The number of cyclic esters (lactones) is 1. The Morgan fingerprint density at radius 3 is 2.38 bits per heavy atom. The molecule has 0 aliphatic carbocycles. The number of carbonyl (C=O) groups excluding carboxylic acids is 1. The number of benzene rings is 3. The van der Waals surface area contributed by atoms with Gasteiger partial charge in [-0.1, -0.05) is 49.4 Å². The lowest BCUT2D eigenvalue weighted by Gasteiger charge is -2.13. The molecule has 5 nitrogen and oxygen atoms in total. The normalized spacial score (nSPS) is 14.3. The van der Waals surface area contributed by atoms with Gasteiger partial charge in [0.1, 0.15) is 0 Å². The highest BCUT2D eigenvalue weighted by atomic mass is 79.9. The number of esters is 1. The van der Waals surface area contributed by atoms with Gasteiger partial charge in [-0.2, -0.15) is 0 Å². The van der Waals surface area contributed by atoms with Crippen molar-refractivity contribution >= 4 is 33.9 Å². The van der Waals surface area contributed by atoms with Crippen LogP contribution in [-0.4, -0.2) is 25.6 Å². The first-order valence-electron chi connectivity index (χ1n) is 10.3. The van der Waals surface area contributed by atoms with E-state index >= 15 is 0 Å². The predicted octanol–water partition coefficient (Wildman–Crippen LogP) is 6.26. The van der Waals surface area contributed by atoms with E-state index in [9.17, 15) is 4.79 Å². The minimum Gasteiger partial charge on any atom is -0.493 e. The molecule has 0 fully saturated rings. The third kappa shape index (κ3) is 4.75. The summed E-state index contributed by atoms with van der Waals surface area (Å²) >= 11 is 3.52. The second-order valence-corrected chi connectivity index (χ2v) is 8.02. The van der Waals surface area contributed by atoms with Crippen LogP contribution in [0.5, 0.6) is 11.5 Å². The van der Waals surface area contributed by atoms with Gasteiger partial charge < -0.3 is 14.2 Å². The van der Waals surface area contributed by atoms with E-state index in [1.807, 2.05) is 67.6 Å². The van der Waals surface area contributed by atoms with E-state index in [2.05, 4.69) is 20.9 Å². The number of rotatable bonds is 7. The molecule has 0 saturated heterocycles. The Labute approximate surface area is 195 Å². The summed E-state index contributed by atoms with van der Waals surface area (Å²) in [4.78, 5) is 16.8. The molecule has 0 saturated carbocycles. The Kier molecular flexibility index (Phi) is 6.71. The van der Waals surface area contributed by atoms with Crippen molar-refractivity contribution in [2.75, 3.05) is 13.7 Å². The number of carbonyl (C=O) groups is 1.